The highest BCUT2D eigenvalue weighted by molar-refractivity contribution is 5.79. The van der Waals surface area contributed by atoms with Gasteiger partial charge in [-0.15, -0.1) is 0 Å². The van der Waals surface area contributed by atoms with Crippen molar-refractivity contribution in [2.75, 3.05) is 13.2 Å². The summed E-state index contributed by atoms with van der Waals surface area (Å²) in [5.74, 6) is -1.22. The minimum atomic E-state index is -0.686. The molecule has 6 nitrogen and oxygen atoms in total. The zero-order valence-electron chi connectivity index (χ0n) is 18.1. The molecule has 6 heteroatoms. The van der Waals surface area contributed by atoms with Gasteiger partial charge in [-0.1, -0.05) is 78.9 Å². The van der Waals surface area contributed by atoms with E-state index < -0.39 is 18.0 Å². The van der Waals surface area contributed by atoms with Crippen LogP contribution in [-0.4, -0.2) is 31.5 Å². The molecule has 3 aromatic rings. The number of hydrogen-bond donors (Lipinski definition) is 1. The molecule has 1 amide bonds. The van der Waals surface area contributed by atoms with Crippen LogP contribution < -0.4 is 5.32 Å². The fourth-order valence-electron chi connectivity index (χ4n) is 4.04. The average Bonchev–Trinajstić information content (AvgIpc) is 3.18. The van der Waals surface area contributed by atoms with Crippen molar-refractivity contribution in [3.05, 3.63) is 95.6 Å². The molecule has 3 aromatic carbocycles. The summed E-state index contributed by atoms with van der Waals surface area (Å²) in [6.07, 6.45) is -0.0885. The molecule has 0 unspecified atom stereocenters. The number of carbonyl (C=O) groups excluding carboxylic acids is 3. The van der Waals surface area contributed by atoms with E-state index in [9.17, 15) is 14.4 Å². The molecule has 0 aliphatic heterocycles. The average molecular weight is 443 g/mol. The van der Waals surface area contributed by atoms with Crippen LogP contribution in [-0.2, 0) is 25.7 Å². The first kappa shape index (κ1) is 22.3. The lowest BCUT2D eigenvalue weighted by Crippen LogP contribution is -2.32. The predicted octanol–water partition coefficient (Wildman–Crippen LogP) is 4.47. The summed E-state index contributed by atoms with van der Waals surface area (Å²) in [5, 5.41) is 2.58. The third-order valence-corrected chi connectivity index (χ3v) is 5.72. The monoisotopic (exact) mass is 443 g/mol. The molecule has 1 aliphatic rings. The van der Waals surface area contributed by atoms with Gasteiger partial charge in [0.25, 0.3) is 0 Å². The summed E-state index contributed by atoms with van der Waals surface area (Å²) >= 11 is 0. The fourth-order valence-corrected chi connectivity index (χ4v) is 4.04. The Morgan fingerprint density at radius 1 is 0.848 bits per heavy atom. The third kappa shape index (κ3) is 5.47. The van der Waals surface area contributed by atoms with Crippen LogP contribution in [0.15, 0.2) is 78.9 Å². The van der Waals surface area contributed by atoms with Gasteiger partial charge in [0.15, 0.2) is 0 Å². The quantitative estimate of drug-likeness (QED) is 0.390. The second-order valence-electron chi connectivity index (χ2n) is 7.95. The first-order valence-corrected chi connectivity index (χ1v) is 10.9. The topological polar surface area (TPSA) is 81.7 Å². The molecule has 0 fully saturated rings. The van der Waals surface area contributed by atoms with E-state index in [1.54, 1.807) is 0 Å². The van der Waals surface area contributed by atoms with Gasteiger partial charge in [-0.05, 0) is 27.8 Å². The minimum absolute atomic E-state index is 0.000606. The second kappa shape index (κ2) is 10.6. The number of amides is 1. The summed E-state index contributed by atoms with van der Waals surface area (Å²) in [4.78, 5) is 35.7. The third-order valence-electron chi connectivity index (χ3n) is 5.72. The van der Waals surface area contributed by atoms with Gasteiger partial charge in [0.1, 0.15) is 19.5 Å². The molecule has 0 aromatic heterocycles. The van der Waals surface area contributed by atoms with E-state index in [0.717, 1.165) is 27.8 Å². The van der Waals surface area contributed by atoms with Crippen molar-refractivity contribution in [3.63, 3.8) is 0 Å². The molecule has 4 rings (SSSR count). The summed E-state index contributed by atoms with van der Waals surface area (Å²) in [7, 11) is 0. The molecule has 0 bridgehead atoms. The van der Waals surface area contributed by atoms with Crippen molar-refractivity contribution in [1.82, 2.24) is 5.32 Å². The maximum absolute atomic E-state index is 12.3. The van der Waals surface area contributed by atoms with Gasteiger partial charge >= 0.3 is 12.1 Å². The maximum Gasteiger partial charge on any atom is 0.407 e. The first-order valence-electron chi connectivity index (χ1n) is 10.9. The highest BCUT2D eigenvalue weighted by atomic mass is 16.5. The molecule has 168 valence electrons. The molecule has 0 saturated carbocycles. The van der Waals surface area contributed by atoms with E-state index in [2.05, 4.69) is 17.4 Å². The highest BCUT2D eigenvalue weighted by Crippen LogP contribution is 2.44. The van der Waals surface area contributed by atoms with E-state index in [4.69, 9.17) is 9.47 Å². The number of nitrogens with one attached hydrogen (secondary N) is 1. The Morgan fingerprint density at radius 2 is 1.45 bits per heavy atom. The van der Waals surface area contributed by atoms with Gasteiger partial charge in [0.2, 0.25) is 0 Å². The normalized spacial score (nSPS) is 12.8. The number of hydrogen-bond acceptors (Lipinski definition) is 5. The van der Waals surface area contributed by atoms with Gasteiger partial charge in [-0.2, -0.15) is 0 Å². The predicted molar refractivity (Wildman–Crippen MR) is 123 cm³/mol. The maximum atomic E-state index is 12.3. The molecule has 1 N–H and O–H groups in total. The van der Waals surface area contributed by atoms with Crippen LogP contribution in [0.3, 0.4) is 0 Å². The summed E-state index contributed by atoms with van der Waals surface area (Å²) in [6.45, 7) is 0.330. The number of esters is 1. The number of carbonyl (C=O) groups is 3. The molecule has 1 atom stereocenters. The van der Waals surface area contributed by atoms with E-state index >= 15 is 0 Å². The van der Waals surface area contributed by atoms with Crippen molar-refractivity contribution in [2.45, 2.75) is 18.9 Å². The van der Waals surface area contributed by atoms with Crippen LogP contribution in [0.2, 0.25) is 0 Å². The standard InChI is InChI=1S/C27H25NO5/c29-16-20(14-26(30)32-17-19-8-2-1-3-9-19)15-28-27(31)33-18-25-23-12-6-4-10-21(23)22-11-5-7-13-24(22)25/h1-13,16,20,25H,14-15,17-18H2,(H,28,31)/t20-/m1/s1. The van der Waals surface area contributed by atoms with Crippen LogP contribution in [0.1, 0.15) is 29.0 Å². The second-order valence-corrected chi connectivity index (χ2v) is 7.95. The van der Waals surface area contributed by atoms with E-state index in [1.807, 2.05) is 66.7 Å². The van der Waals surface area contributed by atoms with E-state index in [1.165, 1.54) is 0 Å². The fraction of sp³-hybridized carbons (Fsp3) is 0.222. The Labute approximate surface area is 192 Å². The largest absolute Gasteiger partial charge is 0.461 e. The van der Waals surface area contributed by atoms with E-state index in [0.29, 0.717) is 6.29 Å². The van der Waals surface area contributed by atoms with Crippen molar-refractivity contribution in [2.24, 2.45) is 5.92 Å². The van der Waals surface area contributed by atoms with Gasteiger partial charge in [-0.25, -0.2) is 4.79 Å². The number of alkyl carbamates (subject to hydrolysis) is 1. The Bertz CT molecular complexity index is 1080. The van der Waals surface area contributed by atoms with Crippen LogP contribution in [0.5, 0.6) is 0 Å². The summed E-state index contributed by atoms with van der Waals surface area (Å²) < 4.78 is 10.7. The van der Waals surface area contributed by atoms with Crippen LogP contribution in [0, 0.1) is 5.92 Å². The SMILES string of the molecule is O=C[C@@H](CNC(=O)OCC1c2ccccc2-c2ccccc21)CC(=O)OCc1ccccc1. The smallest absolute Gasteiger partial charge is 0.407 e. The zero-order valence-corrected chi connectivity index (χ0v) is 18.1. The number of benzene rings is 3. The Kier molecular flexibility index (Phi) is 7.15. The zero-order chi connectivity index (χ0) is 23.0. The van der Waals surface area contributed by atoms with Crippen LogP contribution >= 0.6 is 0 Å². The Hall–Kier alpha value is -3.93. The van der Waals surface area contributed by atoms with Crippen molar-refractivity contribution in [3.8, 4) is 11.1 Å². The minimum Gasteiger partial charge on any atom is -0.461 e. The van der Waals surface area contributed by atoms with Gasteiger partial charge in [0.05, 0.1) is 6.42 Å². The molecule has 0 radical (unpaired) electrons. The lowest BCUT2D eigenvalue weighted by Gasteiger charge is -2.15. The lowest BCUT2D eigenvalue weighted by atomic mass is 9.98. The van der Waals surface area contributed by atoms with E-state index in [-0.39, 0.29) is 32.1 Å². The number of rotatable bonds is 9. The molecular formula is C27H25NO5. The molecule has 0 spiro atoms. The molecule has 0 saturated heterocycles. The molecule has 33 heavy (non-hydrogen) atoms. The van der Waals surface area contributed by atoms with Gasteiger partial charge in [0, 0.05) is 18.4 Å². The summed E-state index contributed by atoms with van der Waals surface area (Å²) in [5.41, 5.74) is 5.41. The number of ether oxygens (including phenoxy) is 2. The Balaban J connectivity index is 1.25. The van der Waals surface area contributed by atoms with Gasteiger partial charge in [-0.3, -0.25) is 4.79 Å². The van der Waals surface area contributed by atoms with Crippen molar-refractivity contribution in [1.29, 1.82) is 0 Å². The molecule has 1 aliphatic carbocycles. The van der Waals surface area contributed by atoms with Crippen LogP contribution in [0.25, 0.3) is 11.1 Å². The molecule has 0 heterocycles. The van der Waals surface area contributed by atoms with Crippen LogP contribution in [0.4, 0.5) is 4.79 Å². The molecular weight excluding hydrogens is 418 g/mol. The van der Waals surface area contributed by atoms with Gasteiger partial charge < -0.3 is 19.6 Å². The summed E-state index contributed by atoms with van der Waals surface area (Å²) in [6, 6.07) is 25.5. The van der Waals surface area contributed by atoms with Crippen molar-refractivity contribution < 1.29 is 23.9 Å². The van der Waals surface area contributed by atoms with Crippen molar-refractivity contribution >= 4 is 18.3 Å². The highest BCUT2D eigenvalue weighted by Gasteiger charge is 2.29. The lowest BCUT2D eigenvalue weighted by molar-refractivity contribution is -0.146. The number of aldehydes is 1. The number of fused-ring (bicyclic) bond motifs is 3. The Morgan fingerprint density at radius 3 is 2.09 bits per heavy atom. The first-order chi connectivity index (χ1) is 16.2.